The zero-order valence-corrected chi connectivity index (χ0v) is 16.4. The maximum Gasteiger partial charge on any atom is 0.238 e. The first kappa shape index (κ1) is 19.5. The predicted octanol–water partition coefficient (Wildman–Crippen LogP) is 3.31. The van der Waals surface area contributed by atoms with Crippen LogP contribution in [0.4, 0.5) is 15.9 Å². The summed E-state index contributed by atoms with van der Waals surface area (Å²) in [5, 5.41) is 8.81. The van der Waals surface area contributed by atoms with Gasteiger partial charge in [-0.1, -0.05) is 30.3 Å². The molecule has 0 saturated heterocycles. The highest BCUT2D eigenvalue weighted by molar-refractivity contribution is 5.92. The summed E-state index contributed by atoms with van der Waals surface area (Å²) in [5.74, 6) is 0.222. The molecule has 2 heterocycles. The van der Waals surface area contributed by atoms with E-state index in [2.05, 4.69) is 25.9 Å². The average Bonchev–Trinajstić information content (AvgIpc) is 3.20. The lowest BCUT2D eigenvalue weighted by molar-refractivity contribution is -0.115. The molecule has 1 amide bonds. The lowest BCUT2D eigenvalue weighted by atomic mass is 10.1. The van der Waals surface area contributed by atoms with Crippen LogP contribution in [0.25, 0.3) is 16.9 Å². The number of anilines is 2. The number of benzene rings is 2. The van der Waals surface area contributed by atoms with Gasteiger partial charge in [-0.3, -0.25) is 9.20 Å². The molecule has 2 aromatic carbocycles. The van der Waals surface area contributed by atoms with Gasteiger partial charge >= 0.3 is 0 Å². The molecule has 0 aliphatic rings. The van der Waals surface area contributed by atoms with E-state index in [0.717, 1.165) is 16.9 Å². The van der Waals surface area contributed by atoms with E-state index in [-0.39, 0.29) is 24.8 Å². The zero-order valence-electron chi connectivity index (χ0n) is 16.4. The molecule has 0 aliphatic heterocycles. The minimum absolute atomic E-state index is 0.0864. The largest absolute Gasteiger partial charge is 0.370 e. The fraction of sp³-hybridized carbons (Fsp3) is 0.136. The van der Waals surface area contributed by atoms with Gasteiger partial charge in [0.25, 0.3) is 0 Å². The Kier molecular flexibility index (Phi) is 5.67. The Labute approximate surface area is 173 Å². The molecule has 0 aliphatic carbocycles. The number of carbonyl (C=O) groups is 1. The van der Waals surface area contributed by atoms with E-state index in [0.29, 0.717) is 17.1 Å². The number of imidazole rings is 1. The van der Waals surface area contributed by atoms with E-state index in [4.69, 9.17) is 0 Å². The van der Waals surface area contributed by atoms with Gasteiger partial charge in [-0.05, 0) is 18.2 Å². The Hall–Kier alpha value is -3.78. The van der Waals surface area contributed by atoms with Crippen LogP contribution in [0, 0.1) is 5.82 Å². The second kappa shape index (κ2) is 8.71. The number of nitrogens with one attached hydrogen (secondary N) is 3. The second-order valence-electron chi connectivity index (χ2n) is 6.68. The number of halogens is 1. The summed E-state index contributed by atoms with van der Waals surface area (Å²) in [5.41, 5.74) is 3.84. The van der Waals surface area contributed by atoms with Crippen LogP contribution in [0.2, 0.25) is 0 Å². The molecule has 3 N–H and O–H groups in total. The highest BCUT2D eigenvalue weighted by Gasteiger charge is 2.10. The van der Waals surface area contributed by atoms with Gasteiger partial charge in [-0.2, -0.15) is 0 Å². The van der Waals surface area contributed by atoms with Crippen LogP contribution in [0.15, 0.2) is 67.1 Å². The summed E-state index contributed by atoms with van der Waals surface area (Å²) >= 11 is 0. The van der Waals surface area contributed by atoms with Crippen LogP contribution in [-0.2, 0) is 11.3 Å². The molecule has 0 radical (unpaired) electrons. The van der Waals surface area contributed by atoms with Crippen LogP contribution in [0.5, 0.6) is 0 Å². The van der Waals surface area contributed by atoms with E-state index in [1.807, 2.05) is 34.9 Å². The molecular weight excluding hydrogens is 383 g/mol. The quantitative estimate of drug-likeness (QED) is 0.440. The summed E-state index contributed by atoms with van der Waals surface area (Å²) in [6.45, 7) is 0.375. The van der Waals surface area contributed by atoms with E-state index < -0.39 is 0 Å². The minimum atomic E-state index is -0.286. The number of fused-ring (bicyclic) bond motifs is 1. The van der Waals surface area contributed by atoms with Gasteiger partial charge < -0.3 is 16.0 Å². The van der Waals surface area contributed by atoms with Crippen molar-refractivity contribution in [2.75, 3.05) is 24.2 Å². The van der Waals surface area contributed by atoms with Crippen molar-refractivity contribution >= 4 is 23.1 Å². The highest BCUT2D eigenvalue weighted by atomic mass is 19.1. The topological polar surface area (TPSA) is 83.3 Å². The average molecular weight is 404 g/mol. The minimum Gasteiger partial charge on any atom is -0.370 e. The first-order valence-electron chi connectivity index (χ1n) is 9.50. The van der Waals surface area contributed by atoms with Crippen molar-refractivity contribution < 1.29 is 9.18 Å². The zero-order chi connectivity index (χ0) is 20.9. The second-order valence-corrected chi connectivity index (χ2v) is 6.68. The third kappa shape index (κ3) is 4.13. The number of hydrogen-bond acceptors (Lipinski definition) is 5. The van der Waals surface area contributed by atoms with Crippen LogP contribution in [0.3, 0.4) is 0 Å². The molecule has 152 valence electrons. The molecular formula is C22H21FN6O. The van der Waals surface area contributed by atoms with Gasteiger partial charge in [0.05, 0.1) is 18.4 Å². The number of hydrogen-bond donors (Lipinski definition) is 3. The van der Waals surface area contributed by atoms with Crippen molar-refractivity contribution in [1.29, 1.82) is 0 Å². The highest BCUT2D eigenvalue weighted by Crippen LogP contribution is 2.24. The van der Waals surface area contributed by atoms with E-state index in [9.17, 15) is 9.18 Å². The van der Waals surface area contributed by atoms with Gasteiger partial charge in [0, 0.05) is 42.8 Å². The SMILES string of the molecule is CNc1nccn2c(-c3ccc(NC(=O)CNCc4ccccc4F)cc3)cnc12. The summed E-state index contributed by atoms with van der Waals surface area (Å²) in [6.07, 6.45) is 5.36. The maximum absolute atomic E-state index is 13.6. The Morgan fingerprint density at radius 1 is 1.10 bits per heavy atom. The molecule has 30 heavy (non-hydrogen) atoms. The molecule has 0 atom stereocenters. The Bertz CT molecular complexity index is 1170. The lowest BCUT2D eigenvalue weighted by Crippen LogP contribution is -2.27. The molecule has 0 unspecified atom stereocenters. The van der Waals surface area contributed by atoms with Crippen molar-refractivity contribution in [2.45, 2.75) is 6.54 Å². The molecule has 7 nitrogen and oxygen atoms in total. The normalized spacial score (nSPS) is 10.9. The Morgan fingerprint density at radius 2 is 1.90 bits per heavy atom. The van der Waals surface area contributed by atoms with E-state index in [1.165, 1.54) is 6.07 Å². The van der Waals surface area contributed by atoms with Gasteiger partial charge in [0.15, 0.2) is 11.5 Å². The summed E-state index contributed by atoms with van der Waals surface area (Å²) in [4.78, 5) is 20.8. The molecule has 2 aromatic heterocycles. The van der Waals surface area contributed by atoms with Crippen LogP contribution in [-0.4, -0.2) is 33.9 Å². The summed E-state index contributed by atoms with van der Waals surface area (Å²) in [6, 6.07) is 14.0. The molecule has 4 rings (SSSR count). The fourth-order valence-corrected chi connectivity index (χ4v) is 3.19. The van der Waals surface area contributed by atoms with Gasteiger partial charge in [-0.15, -0.1) is 0 Å². The number of amides is 1. The first-order chi connectivity index (χ1) is 14.7. The van der Waals surface area contributed by atoms with Gasteiger partial charge in [-0.25, -0.2) is 14.4 Å². The van der Waals surface area contributed by atoms with Crippen LogP contribution < -0.4 is 16.0 Å². The van der Waals surface area contributed by atoms with Crippen molar-refractivity contribution in [3.05, 3.63) is 78.5 Å². The Morgan fingerprint density at radius 3 is 2.67 bits per heavy atom. The standard InChI is InChI=1S/C22H21FN6O/c1-24-21-22-27-13-19(29(22)11-10-26-21)15-6-8-17(9-7-15)28-20(30)14-25-12-16-4-2-3-5-18(16)23/h2-11,13,25H,12,14H2,1H3,(H,24,26)(H,28,30). The van der Waals surface area contributed by atoms with Crippen LogP contribution >= 0.6 is 0 Å². The van der Waals surface area contributed by atoms with Gasteiger partial charge in [0.1, 0.15) is 5.82 Å². The van der Waals surface area contributed by atoms with Crippen molar-refractivity contribution in [3.8, 4) is 11.3 Å². The Balaban J connectivity index is 1.38. The molecule has 4 aromatic rings. The molecule has 0 saturated carbocycles. The first-order valence-corrected chi connectivity index (χ1v) is 9.50. The third-order valence-electron chi connectivity index (χ3n) is 4.69. The summed E-state index contributed by atoms with van der Waals surface area (Å²) < 4.78 is 15.6. The summed E-state index contributed by atoms with van der Waals surface area (Å²) in [7, 11) is 1.80. The third-order valence-corrected chi connectivity index (χ3v) is 4.69. The van der Waals surface area contributed by atoms with Crippen molar-refractivity contribution in [1.82, 2.24) is 19.7 Å². The maximum atomic E-state index is 13.6. The van der Waals surface area contributed by atoms with E-state index in [1.54, 1.807) is 37.6 Å². The van der Waals surface area contributed by atoms with Crippen LogP contribution in [0.1, 0.15) is 5.56 Å². The molecule has 0 bridgehead atoms. The number of carbonyl (C=O) groups excluding carboxylic acids is 1. The smallest absolute Gasteiger partial charge is 0.238 e. The number of rotatable bonds is 7. The van der Waals surface area contributed by atoms with Gasteiger partial charge in [0.2, 0.25) is 5.91 Å². The molecule has 0 spiro atoms. The molecule has 0 fully saturated rings. The molecule has 8 heteroatoms. The van der Waals surface area contributed by atoms with E-state index >= 15 is 0 Å². The monoisotopic (exact) mass is 404 g/mol. The van der Waals surface area contributed by atoms with Crippen molar-refractivity contribution in [3.63, 3.8) is 0 Å². The predicted molar refractivity (Wildman–Crippen MR) is 115 cm³/mol. The number of nitrogens with zero attached hydrogens (tertiary/aromatic N) is 3. The van der Waals surface area contributed by atoms with Crippen molar-refractivity contribution in [2.24, 2.45) is 0 Å². The lowest BCUT2D eigenvalue weighted by Gasteiger charge is -2.09. The number of aromatic nitrogens is 3. The fourth-order valence-electron chi connectivity index (χ4n) is 3.19.